The van der Waals surface area contributed by atoms with Crippen LogP contribution in [0, 0.1) is 0 Å². The Kier molecular flexibility index (Phi) is 2.46. The second-order valence-corrected chi connectivity index (χ2v) is 13.9. The van der Waals surface area contributed by atoms with E-state index in [2.05, 4.69) is 51.9 Å². The van der Waals surface area contributed by atoms with Gasteiger partial charge in [0.25, 0.3) is 0 Å². The summed E-state index contributed by atoms with van der Waals surface area (Å²) in [5.74, 6) is 0. The molecule has 3 heterocycles. The fourth-order valence-electron chi connectivity index (χ4n) is 2.31. The summed E-state index contributed by atoms with van der Waals surface area (Å²) in [5.41, 5.74) is 3.07. The average molecular weight is 450 g/mol. The van der Waals surface area contributed by atoms with Gasteiger partial charge in [0, 0.05) is 0 Å². The fourth-order valence-corrected chi connectivity index (χ4v) is 16.9. The van der Waals surface area contributed by atoms with E-state index < -0.39 is 21.8 Å². The van der Waals surface area contributed by atoms with Crippen LogP contribution in [0.3, 0.4) is 0 Å². The quantitative estimate of drug-likeness (QED) is 0.391. The summed E-state index contributed by atoms with van der Waals surface area (Å²) >= 11 is 1.88. The third-order valence-electron chi connectivity index (χ3n) is 3.07. The van der Waals surface area contributed by atoms with Crippen molar-refractivity contribution >= 4 is 54.2 Å². The SMILES string of the molecule is c1cc[c]([Bi]2[c]3cscc3-c3csc[c]32)cc1. The second kappa shape index (κ2) is 4.01. The molecule has 0 radical (unpaired) electrons. The number of fused-ring (bicyclic) bond motifs is 3. The summed E-state index contributed by atoms with van der Waals surface area (Å²) in [6.45, 7) is 0. The molecule has 2 aromatic heterocycles. The third kappa shape index (κ3) is 1.49. The van der Waals surface area contributed by atoms with Crippen molar-refractivity contribution in [2.45, 2.75) is 0 Å². The van der Waals surface area contributed by atoms with Crippen molar-refractivity contribution < 1.29 is 0 Å². The van der Waals surface area contributed by atoms with Crippen LogP contribution < -0.4 is 9.81 Å². The van der Waals surface area contributed by atoms with Crippen molar-refractivity contribution in [2.75, 3.05) is 0 Å². The molecule has 0 amide bonds. The number of rotatable bonds is 1. The van der Waals surface area contributed by atoms with Crippen molar-refractivity contribution in [1.29, 1.82) is 0 Å². The van der Waals surface area contributed by atoms with Gasteiger partial charge in [0.1, 0.15) is 0 Å². The van der Waals surface area contributed by atoms with E-state index in [1.165, 1.54) is 11.1 Å². The molecular formula is C14H9BiS2. The molecule has 0 saturated carbocycles. The predicted octanol–water partition coefficient (Wildman–Crippen LogP) is 2.31. The molecule has 17 heavy (non-hydrogen) atoms. The van der Waals surface area contributed by atoms with Gasteiger partial charge in [-0.15, -0.1) is 0 Å². The Morgan fingerprint density at radius 1 is 0.706 bits per heavy atom. The molecule has 0 N–H and O–H groups in total. The van der Waals surface area contributed by atoms with Gasteiger partial charge in [-0.3, -0.25) is 0 Å². The van der Waals surface area contributed by atoms with Crippen molar-refractivity contribution in [3.63, 3.8) is 0 Å². The third-order valence-corrected chi connectivity index (χ3v) is 15.8. The first kappa shape index (κ1) is 10.4. The zero-order chi connectivity index (χ0) is 11.2. The molecule has 0 unspecified atom stereocenters. The van der Waals surface area contributed by atoms with Gasteiger partial charge in [-0.1, -0.05) is 0 Å². The Morgan fingerprint density at radius 3 is 1.88 bits per heavy atom. The average Bonchev–Trinajstić information content (AvgIpc) is 3.01. The van der Waals surface area contributed by atoms with Crippen LogP contribution in [-0.2, 0) is 0 Å². The molecule has 0 spiro atoms. The maximum absolute atomic E-state index is 2.39. The number of thiophene rings is 2. The van der Waals surface area contributed by atoms with Crippen LogP contribution >= 0.6 is 22.7 Å². The maximum atomic E-state index is 2.39. The molecule has 1 aromatic carbocycles. The van der Waals surface area contributed by atoms with Gasteiger partial charge in [-0.05, 0) is 0 Å². The predicted molar refractivity (Wildman–Crippen MR) is 78.7 cm³/mol. The molecule has 4 rings (SSSR count). The van der Waals surface area contributed by atoms with Gasteiger partial charge >= 0.3 is 117 Å². The van der Waals surface area contributed by atoms with Crippen LogP contribution in [0.2, 0.25) is 0 Å². The zero-order valence-electron chi connectivity index (χ0n) is 8.96. The second-order valence-electron chi connectivity index (χ2n) is 4.01. The molecule has 0 aliphatic carbocycles. The van der Waals surface area contributed by atoms with Gasteiger partial charge < -0.3 is 0 Å². The number of benzene rings is 1. The Balaban J connectivity index is 1.99. The first-order chi connectivity index (χ1) is 8.45. The summed E-state index contributed by atoms with van der Waals surface area (Å²) in [6, 6.07) is 11.1. The summed E-state index contributed by atoms with van der Waals surface area (Å²) in [6.07, 6.45) is 0. The molecule has 0 atom stereocenters. The first-order valence-electron chi connectivity index (χ1n) is 5.43. The van der Waals surface area contributed by atoms with Crippen LogP contribution in [0.15, 0.2) is 51.9 Å². The summed E-state index contributed by atoms with van der Waals surface area (Å²) in [7, 11) is 0. The molecule has 3 aromatic rings. The molecule has 1 aliphatic rings. The van der Waals surface area contributed by atoms with Crippen LogP contribution in [-0.4, -0.2) is 21.8 Å². The molecule has 1 aliphatic heterocycles. The number of hydrogen-bond donors (Lipinski definition) is 0. The molecule has 0 nitrogen and oxygen atoms in total. The van der Waals surface area contributed by atoms with E-state index in [1.807, 2.05) is 22.7 Å². The Bertz CT molecular complexity index is 626. The van der Waals surface area contributed by atoms with Gasteiger partial charge in [-0.25, -0.2) is 0 Å². The van der Waals surface area contributed by atoms with Gasteiger partial charge in [-0.2, -0.15) is 0 Å². The summed E-state index contributed by atoms with van der Waals surface area (Å²) in [5, 5.41) is 9.45. The minimum absolute atomic E-state index is 1.54. The molecule has 0 bridgehead atoms. The van der Waals surface area contributed by atoms with E-state index in [9.17, 15) is 0 Å². The van der Waals surface area contributed by atoms with Crippen LogP contribution in [0.25, 0.3) is 11.1 Å². The monoisotopic (exact) mass is 450 g/mol. The summed E-state index contributed by atoms with van der Waals surface area (Å²) in [4.78, 5) is 0. The Morgan fingerprint density at radius 2 is 1.29 bits per heavy atom. The van der Waals surface area contributed by atoms with Gasteiger partial charge in [0.2, 0.25) is 0 Å². The van der Waals surface area contributed by atoms with E-state index in [4.69, 9.17) is 0 Å². The molecule has 82 valence electrons. The van der Waals surface area contributed by atoms with Gasteiger partial charge in [0.15, 0.2) is 0 Å². The topological polar surface area (TPSA) is 0 Å². The van der Waals surface area contributed by atoms with E-state index >= 15 is 0 Å². The molecular weight excluding hydrogens is 441 g/mol. The van der Waals surface area contributed by atoms with E-state index in [0.29, 0.717) is 0 Å². The number of hydrogen-bond acceptors (Lipinski definition) is 2. The molecule has 0 saturated heterocycles. The fraction of sp³-hybridized carbons (Fsp3) is 0. The van der Waals surface area contributed by atoms with Crippen molar-refractivity contribution in [3.05, 3.63) is 51.9 Å². The van der Waals surface area contributed by atoms with E-state index in [-0.39, 0.29) is 0 Å². The Hall–Kier alpha value is -0.497. The Labute approximate surface area is 116 Å². The zero-order valence-corrected chi connectivity index (χ0v) is 14.1. The molecule has 0 fully saturated rings. The van der Waals surface area contributed by atoms with Crippen LogP contribution in [0.5, 0.6) is 0 Å². The van der Waals surface area contributed by atoms with Crippen LogP contribution in [0.1, 0.15) is 0 Å². The first-order valence-corrected chi connectivity index (χ1v) is 12.5. The van der Waals surface area contributed by atoms with E-state index in [1.54, 1.807) is 9.81 Å². The summed E-state index contributed by atoms with van der Waals surface area (Å²) < 4.78 is 4.99. The van der Waals surface area contributed by atoms with Crippen molar-refractivity contribution in [3.8, 4) is 11.1 Å². The van der Waals surface area contributed by atoms with Crippen LogP contribution in [0.4, 0.5) is 0 Å². The standard InChI is InChI=1S/C8H4S2.C6H5.Bi/c1-3-9-5-7(1)8-2-4-10-6-8;1-2-4-6-5-3-1;/h3-6H;1-5H;. The molecule has 3 heteroatoms. The minimum atomic E-state index is -1.85. The van der Waals surface area contributed by atoms with E-state index in [0.717, 1.165) is 0 Å². The van der Waals surface area contributed by atoms with Crippen molar-refractivity contribution in [2.24, 2.45) is 0 Å². The van der Waals surface area contributed by atoms with Crippen molar-refractivity contribution in [1.82, 2.24) is 0 Å². The van der Waals surface area contributed by atoms with Gasteiger partial charge in [0.05, 0.1) is 0 Å². The normalized spacial score (nSPS) is 13.6.